The molecule has 3 rings (SSSR count). The highest BCUT2D eigenvalue weighted by atomic mass is 32.1. The number of halogens is 1. The highest BCUT2D eigenvalue weighted by Gasteiger charge is 2.09. The topological polar surface area (TPSA) is 34.9 Å². The predicted molar refractivity (Wildman–Crippen MR) is 83.5 cm³/mol. The minimum absolute atomic E-state index is 0.0698. The van der Waals surface area contributed by atoms with Gasteiger partial charge >= 0.3 is 0 Å². The largest absolute Gasteiger partial charge is 0.294 e. The van der Waals surface area contributed by atoms with Crippen LogP contribution in [0.2, 0.25) is 0 Å². The molecule has 0 aliphatic carbocycles. The fourth-order valence-electron chi connectivity index (χ4n) is 2.29. The first-order valence-corrected chi connectivity index (χ1v) is 7.63. The van der Waals surface area contributed by atoms with Crippen molar-refractivity contribution in [2.45, 2.75) is 26.8 Å². The highest BCUT2D eigenvalue weighted by molar-refractivity contribution is 7.18. The van der Waals surface area contributed by atoms with Crippen molar-refractivity contribution in [3.63, 3.8) is 0 Å². The summed E-state index contributed by atoms with van der Waals surface area (Å²) in [5, 5.41) is 0.647. The number of rotatable bonds is 3. The van der Waals surface area contributed by atoms with Crippen LogP contribution in [-0.4, -0.2) is 9.55 Å². The Morgan fingerprint density at radius 2 is 2.14 bits per heavy atom. The average molecular weight is 302 g/mol. The number of hydrogen-bond acceptors (Lipinski definition) is 3. The third kappa shape index (κ3) is 2.61. The van der Waals surface area contributed by atoms with Crippen LogP contribution in [0.3, 0.4) is 0 Å². The van der Waals surface area contributed by atoms with E-state index in [0.717, 1.165) is 27.3 Å². The Bertz CT molecular complexity index is 866. The third-order valence-electron chi connectivity index (χ3n) is 3.57. The van der Waals surface area contributed by atoms with Crippen molar-refractivity contribution in [1.29, 1.82) is 0 Å². The van der Waals surface area contributed by atoms with E-state index in [-0.39, 0.29) is 11.4 Å². The molecule has 0 fully saturated rings. The van der Waals surface area contributed by atoms with Gasteiger partial charge in [0, 0.05) is 4.88 Å². The van der Waals surface area contributed by atoms with Gasteiger partial charge in [-0.3, -0.25) is 9.36 Å². The number of hydrogen-bond donors (Lipinski definition) is 0. The van der Waals surface area contributed by atoms with Gasteiger partial charge in [0.05, 0.1) is 18.3 Å². The molecule has 2 heterocycles. The summed E-state index contributed by atoms with van der Waals surface area (Å²) in [4.78, 5) is 18.8. The van der Waals surface area contributed by atoms with Crippen molar-refractivity contribution < 1.29 is 4.39 Å². The molecule has 3 aromatic rings. The van der Waals surface area contributed by atoms with Gasteiger partial charge in [-0.2, -0.15) is 0 Å². The summed E-state index contributed by atoms with van der Waals surface area (Å²) in [5.74, 6) is -0.290. The lowest BCUT2D eigenvalue weighted by Gasteiger charge is -2.08. The second-order valence-corrected chi connectivity index (χ2v) is 6.15. The molecule has 0 aliphatic heterocycles. The predicted octanol–water partition coefficient (Wildman–Crippen LogP) is 3.52. The maximum Gasteiger partial charge on any atom is 0.262 e. The van der Waals surface area contributed by atoms with Gasteiger partial charge in [0.1, 0.15) is 10.6 Å². The molecule has 0 atom stereocenters. The maximum absolute atomic E-state index is 13.4. The van der Waals surface area contributed by atoms with E-state index in [2.05, 4.69) is 11.9 Å². The molecular formula is C16H15FN2OS. The highest BCUT2D eigenvalue weighted by Crippen LogP contribution is 2.21. The van der Waals surface area contributed by atoms with Crippen LogP contribution in [0, 0.1) is 12.7 Å². The number of fused-ring (bicyclic) bond motifs is 1. The minimum atomic E-state index is -0.290. The molecule has 0 aliphatic rings. The van der Waals surface area contributed by atoms with Gasteiger partial charge in [-0.25, -0.2) is 9.37 Å². The summed E-state index contributed by atoms with van der Waals surface area (Å²) in [7, 11) is 0. The molecule has 21 heavy (non-hydrogen) atoms. The number of thiophene rings is 1. The van der Waals surface area contributed by atoms with Gasteiger partial charge in [-0.05, 0) is 42.7 Å². The molecule has 2 aromatic heterocycles. The Balaban J connectivity index is 2.06. The molecule has 0 amide bonds. The first-order valence-electron chi connectivity index (χ1n) is 6.81. The molecule has 0 bridgehead atoms. The molecule has 0 N–H and O–H groups in total. The van der Waals surface area contributed by atoms with Crippen LogP contribution in [0.15, 0.2) is 35.4 Å². The number of benzene rings is 1. The quantitative estimate of drug-likeness (QED) is 0.742. The maximum atomic E-state index is 13.4. The van der Waals surface area contributed by atoms with Crippen molar-refractivity contribution >= 4 is 21.6 Å². The summed E-state index contributed by atoms with van der Waals surface area (Å²) in [5.41, 5.74) is 1.69. The second-order valence-electron chi connectivity index (χ2n) is 5.03. The number of nitrogens with zero attached hydrogens (tertiary/aromatic N) is 2. The molecule has 5 heteroatoms. The van der Waals surface area contributed by atoms with E-state index in [9.17, 15) is 9.18 Å². The Labute approximate surface area is 125 Å². The Kier molecular flexibility index (Phi) is 3.59. The fourth-order valence-corrected chi connectivity index (χ4v) is 3.22. The molecule has 0 saturated carbocycles. The molecule has 3 nitrogen and oxygen atoms in total. The standard InChI is InChI=1S/C16H15FN2OS/c1-3-13-7-14-15(21-13)18-9-19(16(14)20)8-11-6-12(17)5-4-10(11)2/h4-7,9H,3,8H2,1-2H3. The van der Waals surface area contributed by atoms with Gasteiger partial charge in [0.25, 0.3) is 5.56 Å². The van der Waals surface area contributed by atoms with Gasteiger partial charge < -0.3 is 0 Å². The Morgan fingerprint density at radius 1 is 1.33 bits per heavy atom. The summed E-state index contributed by atoms with van der Waals surface area (Å²) in [6.07, 6.45) is 2.44. The number of aryl methyl sites for hydroxylation is 2. The lowest BCUT2D eigenvalue weighted by molar-refractivity contribution is 0.621. The average Bonchev–Trinajstić information content (AvgIpc) is 2.90. The van der Waals surface area contributed by atoms with Crippen molar-refractivity contribution in [2.24, 2.45) is 0 Å². The second kappa shape index (κ2) is 5.41. The zero-order valence-corrected chi connectivity index (χ0v) is 12.7. The van der Waals surface area contributed by atoms with E-state index in [1.807, 2.05) is 13.0 Å². The van der Waals surface area contributed by atoms with Gasteiger partial charge in [0.2, 0.25) is 0 Å². The lowest BCUT2D eigenvalue weighted by Crippen LogP contribution is -2.20. The SMILES string of the molecule is CCc1cc2c(=O)n(Cc3cc(F)ccc3C)cnc2s1. The zero-order chi connectivity index (χ0) is 15.0. The Morgan fingerprint density at radius 3 is 2.90 bits per heavy atom. The molecule has 1 aromatic carbocycles. The summed E-state index contributed by atoms with van der Waals surface area (Å²) >= 11 is 1.55. The van der Waals surface area contributed by atoms with Crippen LogP contribution >= 0.6 is 11.3 Å². The fraction of sp³-hybridized carbons (Fsp3) is 0.250. The van der Waals surface area contributed by atoms with Crippen LogP contribution in [-0.2, 0) is 13.0 Å². The van der Waals surface area contributed by atoms with Crippen molar-refractivity contribution in [3.8, 4) is 0 Å². The van der Waals surface area contributed by atoms with Gasteiger partial charge in [0.15, 0.2) is 0 Å². The van der Waals surface area contributed by atoms with Crippen molar-refractivity contribution in [3.05, 3.63) is 62.8 Å². The van der Waals surface area contributed by atoms with Gasteiger partial charge in [-0.1, -0.05) is 13.0 Å². The lowest BCUT2D eigenvalue weighted by atomic mass is 10.1. The summed E-state index contributed by atoms with van der Waals surface area (Å²) < 4.78 is 14.9. The monoisotopic (exact) mass is 302 g/mol. The molecule has 0 radical (unpaired) electrons. The zero-order valence-electron chi connectivity index (χ0n) is 11.9. The third-order valence-corrected chi connectivity index (χ3v) is 4.76. The van der Waals surface area contributed by atoms with Crippen LogP contribution in [0.1, 0.15) is 22.9 Å². The molecular weight excluding hydrogens is 287 g/mol. The van der Waals surface area contributed by atoms with Crippen LogP contribution in [0.25, 0.3) is 10.2 Å². The van der Waals surface area contributed by atoms with E-state index < -0.39 is 0 Å². The van der Waals surface area contributed by atoms with Crippen LogP contribution in [0.4, 0.5) is 4.39 Å². The van der Waals surface area contributed by atoms with Crippen molar-refractivity contribution in [1.82, 2.24) is 9.55 Å². The first-order chi connectivity index (χ1) is 10.1. The van der Waals surface area contributed by atoms with E-state index in [1.165, 1.54) is 16.7 Å². The summed E-state index contributed by atoms with van der Waals surface area (Å²) in [6, 6.07) is 6.53. The smallest absolute Gasteiger partial charge is 0.262 e. The van der Waals surface area contributed by atoms with E-state index in [4.69, 9.17) is 0 Å². The van der Waals surface area contributed by atoms with E-state index in [1.54, 1.807) is 23.7 Å². The van der Waals surface area contributed by atoms with Gasteiger partial charge in [-0.15, -0.1) is 11.3 Å². The molecule has 0 saturated heterocycles. The van der Waals surface area contributed by atoms with Crippen molar-refractivity contribution in [2.75, 3.05) is 0 Å². The minimum Gasteiger partial charge on any atom is -0.294 e. The molecule has 0 unspecified atom stereocenters. The summed E-state index contributed by atoms with van der Waals surface area (Å²) in [6.45, 7) is 4.30. The van der Waals surface area contributed by atoms with E-state index in [0.29, 0.717) is 11.9 Å². The normalized spacial score (nSPS) is 11.2. The number of aromatic nitrogens is 2. The molecule has 0 spiro atoms. The van der Waals surface area contributed by atoms with Crippen LogP contribution in [0.5, 0.6) is 0 Å². The van der Waals surface area contributed by atoms with E-state index >= 15 is 0 Å². The Hall–Kier alpha value is -2.01. The molecule has 108 valence electrons. The first kappa shape index (κ1) is 13.9. The van der Waals surface area contributed by atoms with Crippen LogP contribution < -0.4 is 5.56 Å².